The molecule has 5 heteroatoms. The van der Waals surface area contributed by atoms with Crippen LogP contribution in [0.15, 0.2) is 0 Å². The monoisotopic (exact) mass is 429 g/mol. The van der Waals surface area contributed by atoms with E-state index >= 15 is 0 Å². The second kappa shape index (κ2) is 10.7. The molecule has 0 spiro atoms. The maximum absolute atomic E-state index is 11.6. The topological polar surface area (TPSA) is 76.4 Å². The minimum atomic E-state index is -0.629. The smallest absolute Gasteiger partial charge is 0.307 e. The summed E-state index contributed by atoms with van der Waals surface area (Å²) in [5.74, 6) is 2.40. The van der Waals surface area contributed by atoms with Gasteiger partial charge in [0.2, 0.25) is 0 Å². The molecule has 2 N–H and O–H groups in total. The van der Waals surface area contributed by atoms with Gasteiger partial charge in [-0.3, -0.25) is 15.0 Å². The van der Waals surface area contributed by atoms with Gasteiger partial charge in [0.05, 0.1) is 18.2 Å². The number of carboxylic acid groups (broad SMARTS) is 1. The molecule has 4 aliphatic rings. The third-order valence-electron chi connectivity index (χ3n) is 9.17. The molecule has 0 aromatic heterocycles. The Labute approximate surface area is 188 Å². The first kappa shape index (κ1) is 23.1. The van der Waals surface area contributed by atoms with Gasteiger partial charge in [-0.1, -0.05) is 39.0 Å². The number of aliphatic carboxylic acids is 1. The number of hydrogen-bond donors (Lipinski definition) is 2. The number of unbranched alkanes of at least 4 members (excludes halogenated alkanes) is 1. The number of likely N-dealkylation sites (tertiary alicyclic amines) is 1. The second-order valence-corrected chi connectivity index (χ2v) is 11.1. The zero-order chi connectivity index (χ0) is 21.8. The molecule has 2 aliphatic carbocycles. The molecule has 0 aromatic rings. The van der Waals surface area contributed by atoms with Crippen LogP contribution in [0.3, 0.4) is 0 Å². The standard InChI is InChI=1S/C26H43N3O2/c1-2-3-6-18-10-11-24-23(14-18)22(20-8-4-7-19(13-20)16-27)15-25(28-24)29-12-5-9-21(17-29)26(30)31/h18-25,28H,2-15,17H2,1H3,(H,30,31). The SMILES string of the molecule is CCCCC1CCC2NC(N3CCCC(C(=O)O)C3)CC(C3CCCC(C#N)C3)C2C1. The first-order valence-corrected chi connectivity index (χ1v) is 13.2. The molecule has 0 aromatic carbocycles. The molecule has 2 saturated carbocycles. The van der Waals surface area contributed by atoms with Crippen molar-refractivity contribution in [3.63, 3.8) is 0 Å². The number of rotatable bonds is 6. The third-order valence-corrected chi connectivity index (χ3v) is 9.17. The lowest BCUT2D eigenvalue weighted by molar-refractivity contribution is -0.144. The quantitative estimate of drug-likeness (QED) is 0.620. The lowest BCUT2D eigenvalue weighted by atomic mass is 9.61. The van der Waals surface area contributed by atoms with Gasteiger partial charge < -0.3 is 5.11 Å². The average Bonchev–Trinajstić information content (AvgIpc) is 2.82. The van der Waals surface area contributed by atoms with Crippen molar-refractivity contribution in [2.45, 2.75) is 103 Å². The van der Waals surface area contributed by atoms with Crippen molar-refractivity contribution in [1.82, 2.24) is 10.2 Å². The van der Waals surface area contributed by atoms with Crippen molar-refractivity contribution in [1.29, 1.82) is 5.26 Å². The van der Waals surface area contributed by atoms with Gasteiger partial charge in [0.1, 0.15) is 0 Å². The minimum absolute atomic E-state index is 0.214. The summed E-state index contributed by atoms with van der Waals surface area (Å²) in [6, 6.07) is 3.16. The van der Waals surface area contributed by atoms with Gasteiger partial charge in [-0.05, 0) is 81.6 Å². The number of hydrogen-bond acceptors (Lipinski definition) is 4. The molecule has 5 nitrogen and oxygen atoms in total. The van der Waals surface area contributed by atoms with Gasteiger partial charge in [-0.2, -0.15) is 5.26 Å². The van der Waals surface area contributed by atoms with Crippen molar-refractivity contribution in [3.05, 3.63) is 0 Å². The largest absolute Gasteiger partial charge is 0.481 e. The maximum Gasteiger partial charge on any atom is 0.307 e. The van der Waals surface area contributed by atoms with Gasteiger partial charge >= 0.3 is 5.97 Å². The molecule has 2 saturated heterocycles. The molecular weight excluding hydrogens is 386 g/mol. The molecule has 8 unspecified atom stereocenters. The molecule has 0 amide bonds. The number of carbonyl (C=O) groups is 1. The van der Waals surface area contributed by atoms with Crippen LogP contribution < -0.4 is 5.32 Å². The number of piperidine rings is 2. The van der Waals surface area contributed by atoms with Crippen LogP contribution in [0.1, 0.15) is 90.4 Å². The summed E-state index contributed by atoms with van der Waals surface area (Å²) < 4.78 is 0. The van der Waals surface area contributed by atoms with E-state index in [0.29, 0.717) is 30.6 Å². The van der Waals surface area contributed by atoms with Crippen molar-refractivity contribution < 1.29 is 9.90 Å². The van der Waals surface area contributed by atoms with Gasteiger partial charge in [0.25, 0.3) is 0 Å². The molecule has 31 heavy (non-hydrogen) atoms. The molecule has 8 atom stereocenters. The van der Waals surface area contributed by atoms with Gasteiger partial charge in [-0.15, -0.1) is 0 Å². The molecule has 174 valence electrons. The van der Waals surface area contributed by atoms with Crippen molar-refractivity contribution in [2.24, 2.45) is 35.5 Å². The Bertz CT molecular complexity index is 647. The summed E-state index contributed by atoms with van der Waals surface area (Å²) in [5, 5.41) is 23.2. The van der Waals surface area contributed by atoms with Crippen LogP contribution in [-0.2, 0) is 4.79 Å². The molecule has 4 rings (SSSR count). The fraction of sp³-hybridized carbons (Fsp3) is 0.923. The minimum Gasteiger partial charge on any atom is -0.481 e. The Morgan fingerprint density at radius 3 is 2.74 bits per heavy atom. The lowest BCUT2D eigenvalue weighted by Crippen LogP contribution is -2.62. The van der Waals surface area contributed by atoms with Crippen LogP contribution in [0.25, 0.3) is 0 Å². The first-order chi connectivity index (χ1) is 15.1. The Morgan fingerprint density at radius 2 is 1.97 bits per heavy atom. The van der Waals surface area contributed by atoms with Crippen LogP contribution in [0.4, 0.5) is 0 Å². The molecule has 0 radical (unpaired) electrons. The molecule has 2 heterocycles. The Balaban J connectivity index is 1.49. The van der Waals surface area contributed by atoms with Crippen molar-refractivity contribution in [3.8, 4) is 6.07 Å². The summed E-state index contributed by atoms with van der Waals surface area (Å²) in [7, 11) is 0. The van der Waals surface area contributed by atoms with Crippen molar-refractivity contribution in [2.75, 3.05) is 13.1 Å². The second-order valence-electron chi connectivity index (χ2n) is 11.1. The predicted octanol–water partition coefficient (Wildman–Crippen LogP) is 5.02. The summed E-state index contributed by atoms with van der Waals surface area (Å²) in [4.78, 5) is 14.1. The van der Waals surface area contributed by atoms with Crippen LogP contribution in [-0.4, -0.2) is 41.3 Å². The lowest BCUT2D eigenvalue weighted by Gasteiger charge is -2.53. The zero-order valence-electron chi connectivity index (χ0n) is 19.5. The van der Waals surface area contributed by atoms with Crippen LogP contribution in [0, 0.1) is 46.8 Å². The first-order valence-electron chi connectivity index (χ1n) is 13.2. The Kier molecular flexibility index (Phi) is 7.93. The highest BCUT2D eigenvalue weighted by atomic mass is 16.4. The highest BCUT2D eigenvalue weighted by molar-refractivity contribution is 5.70. The van der Waals surface area contributed by atoms with E-state index < -0.39 is 5.97 Å². The summed E-state index contributed by atoms with van der Waals surface area (Å²) >= 11 is 0. The van der Waals surface area contributed by atoms with E-state index in [0.717, 1.165) is 50.5 Å². The van der Waals surface area contributed by atoms with E-state index in [1.54, 1.807) is 0 Å². The fourth-order valence-electron chi connectivity index (χ4n) is 7.50. The number of nitriles is 1. The van der Waals surface area contributed by atoms with Gasteiger partial charge in [-0.25, -0.2) is 0 Å². The fourth-order valence-corrected chi connectivity index (χ4v) is 7.50. The van der Waals surface area contributed by atoms with E-state index in [1.807, 2.05) is 0 Å². The maximum atomic E-state index is 11.6. The Hall–Kier alpha value is -1.12. The molecule has 0 bridgehead atoms. The van der Waals surface area contributed by atoms with Crippen LogP contribution in [0.5, 0.6) is 0 Å². The number of fused-ring (bicyclic) bond motifs is 1. The average molecular weight is 430 g/mol. The van der Waals surface area contributed by atoms with Crippen LogP contribution in [0.2, 0.25) is 0 Å². The van der Waals surface area contributed by atoms with E-state index in [4.69, 9.17) is 0 Å². The summed E-state index contributed by atoms with van der Waals surface area (Å²) in [5.41, 5.74) is 0. The van der Waals surface area contributed by atoms with E-state index in [9.17, 15) is 15.2 Å². The Morgan fingerprint density at radius 1 is 1.10 bits per heavy atom. The van der Waals surface area contributed by atoms with Crippen molar-refractivity contribution >= 4 is 5.97 Å². The highest BCUT2D eigenvalue weighted by Gasteiger charge is 2.46. The zero-order valence-corrected chi connectivity index (χ0v) is 19.5. The third kappa shape index (κ3) is 5.45. The predicted molar refractivity (Wildman–Crippen MR) is 122 cm³/mol. The number of nitrogens with one attached hydrogen (secondary N) is 1. The van der Waals surface area contributed by atoms with E-state index in [2.05, 4.69) is 23.2 Å². The molecule has 4 fully saturated rings. The van der Waals surface area contributed by atoms with Gasteiger partial charge in [0, 0.05) is 18.5 Å². The number of carboxylic acids is 1. The van der Waals surface area contributed by atoms with E-state index in [1.165, 1.54) is 51.4 Å². The van der Waals surface area contributed by atoms with E-state index in [-0.39, 0.29) is 11.8 Å². The molecular formula is C26H43N3O2. The summed E-state index contributed by atoms with van der Waals surface area (Å²) in [6.07, 6.45) is 16.0. The normalized spacial score (nSPS) is 41.8. The van der Waals surface area contributed by atoms with Crippen LogP contribution >= 0.6 is 0 Å². The van der Waals surface area contributed by atoms with Gasteiger partial charge in [0.15, 0.2) is 0 Å². The number of nitrogens with zero attached hydrogens (tertiary/aromatic N) is 2. The summed E-state index contributed by atoms with van der Waals surface area (Å²) in [6.45, 7) is 4.02. The molecule has 2 aliphatic heterocycles. The highest BCUT2D eigenvalue weighted by Crippen LogP contribution is 2.48.